The highest BCUT2D eigenvalue weighted by Crippen LogP contribution is 2.24. The molecule has 1 N–H and O–H groups in total. The lowest BCUT2D eigenvalue weighted by atomic mass is 9.86. The number of hydrogen-bond donors (Lipinski definition) is 1. The third-order valence-electron chi connectivity index (χ3n) is 4.06. The summed E-state index contributed by atoms with van der Waals surface area (Å²) in [5.74, 6) is -1.91. The van der Waals surface area contributed by atoms with Crippen LogP contribution in [0.2, 0.25) is 0 Å². The minimum atomic E-state index is -0.643. The molecule has 1 saturated carbocycles. The number of carbonyl (C=O) groups excluding carboxylic acids is 2. The van der Waals surface area contributed by atoms with Crippen molar-refractivity contribution in [2.24, 2.45) is 5.92 Å². The second kappa shape index (κ2) is 9.01. The Morgan fingerprint density at radius 3 is 2.79 bits per heavy atom. The number of ether oxygens (including phenoxy) is 1. The number of thioether (sulfide) groups is 1. The van der Waals surface area contributed by atoms with Crippen molar-refractivity contribution in [2.45, 2.75) is 43.5 Å². The number of amides is 1. The van der Waals surface area contributed by atoms with Gasteiger partial charge < -0.3 is 10.1 Å². The van der Waals surface area contributed by atoms with Gasteiger partial charge in [-0.2, -0.15) is 0 Å². The van der Waals surface area contributed by atoms with Gasteiger partial charge in [0.05, 0.1) is 5.75 Å². The van der Waals surface area contributed by atoms with Crippen molar-refractivity contribution in [3.05, 3.63) is 29.8 Å². The first-order valence-electron chi connectivity index (χ1n) is 7.98. The fraction of sp³-hybridized carbons (Fsp3) is 0.529. The molecule has 1 amide bonds. The average Bonchev–Trinajstić information content (AvgIpc) is 2.56. The molecule has 0 spiro atoms. The maximum Gasteiger partial charge on any atom is 0.316 e. The van der Waals surface area contributed by atoms with E-state index in [1.54, 1.807) is 0 Å². The first kappa shape index (κ1) is 18.7. The van der Waals surface area contributed by atoms with E-state index < -0.39 is 17.6 Å². The van der Waals surface area contributed by atoms with Crippen LogP contribution >= 0.6 is 11.8 Å². The van der Waals surface area contributed by atoms with Gasteiger partial charge in [-0.15, -0.1) is 11.8 Å². The Hall–Kier alpha value is -1.63. The predicted molar refractivity (Wildman–Crippen MR) is 87.6 cm³/mol. The molecular weight excluding hydrogens is 336 g/mol. The van der Waals surface area contributed by atoms with E-state index in [0.717, 1.165) is 49.2 Å². The number of hydrogen-bond acceptors (Lipinski definition) is 4. The van der Waals surface area contributed by atoms with Crippen LogP contribution in [0.15, 0.2) is 23.1 Å². The van der Waals surface area contributed by atoms with Crippen molar-refractivity contribution in [2.75, 3.05) is 12.4 Å². The molecule has 0 aliphatic heterocycles. The van der Waals surface area contributed by atoms with Gasteiger partial charge in [-0.3, -0.25) is 9.59 Å². The van der Waals surface area contributed by atoms with Crippen LogP contribution in [0, 0.1) is 17.6 Å². The summed E-state index contributed by atoms with van der Waals surface area (Å²) in [6, 6.07) is 3.15. The van der Waals surface area contributed by atoms with E-state index in [0.29, 0.717) is 5.92 Å². The van der Waals surface area contributed by atoms with Gasteiger partial charge in [0, 0.05) is 10.9 Å². The van der Waals surface area contributed by atoms with Gasteiger partial charge in [0.25, 0.3) is 5.91 Å². The average molecular weight is 357 g/mol. The third-order valence-corrected chi connectivity index (χ3v) is 5.06. The van der Waals surface area contributed by atoms with Crippen LogP contribution in [0.5, 0.6) is 0 Å². The Morgan fingerprint density at radius 2 is 2.04 bits per heavy atom. The highest BCUT2D eigenvalue weighted by molar-refractivity contribution is 8.00. The lowest BCUT2D eigenvalue weighted by Crippen LogP contribution is -2.43. The number of esters is 1. The largest absolute Gasteiger partial charge is 0.455 e. The lowest BCUT2D eigenvalue weighted by Gasteiger charge is -2.29. The smallest absolute Gasteiger partial charge is 0.316 e. The number of benzene rings is 1. The van der Waals surface area contributed by atoms with Crippen molar-refractivity contribution < 1.29 is 23.1 Å². The van der Waals surface area contributed by atoms with Gasteiger partial charge in [0.15, 0.2) is 6.61 Å². The summed E-state index contributed by atoms with van der Waals surface area (Å²) in [5, 5.41) is 2.88. The van der Waals surface area contributed by atoms with Gasteiger partial charge in [-0.25, -0.2) is 8.78 Å². The van der Waals surface area contributed by atoms with E-state index in [9.17, 15) is 18.4 Å². The van der Waals surface area contributed by atoms with E-state index >= 15 is 0 Å². The van der Waals surface area contributed by atoms with Crippen LogP contribution in [0.25, 0.3) is 0 Å². The molecule has 1 aromatic rings. The summed E-state index contributed by atoms with van der Waals surface area (Å²) in [6.45, 7) is 1.74. The SMILES string of the molecule is C[C@@H]1CCCC[C@@H]1NC(=O)COC(=O)CSc1cc(F)ccc1F. The Balaban J connectivity index is 1.70. The summed E-state index contributed by atoms with van der Waals surface area (Å²) in [7, 11) is 0. The fourth-order valence-corrected chi connectivity index (χ4v) is 3.45. The molecule has 24 heavy (non-hydrogen) atoms. The maximum absolute atomic E-state index is 13.4. The quantitative estimate of drug-likeness (QED) is 0.627. The standard InChI is InChI=1S/C17H21F2NO3S/c1-11-4-2-3-5-14(11)20-16(21)9-23-17(22)10-24-15-8-12(18)6-7-13(15)19/h6-8,11,14H,2-5,9-10H2,1H3,(H,20,21)/t11-,14+/m1/s1. The zero-order chi connectivity index (χ0) is 17.5. The number of rotatable bonds is 6. The van der Waals surface area contributed by atoms with E-state index in [1.807, 2.05) is 0 Å². The summed E-state index contributed by atoms with van der Waals surface area (Å²) in [4.78, 5) is 23.5. The summed E-state index contributed by atoms with van der Waals surface area (Å²) in [6.07, 6.45) is 4.29. The maximum atomic E-state index is 13.4. The molecule has 4 nitrogen and oxygen atoms in total. The molecule has 0 bridgehead atoms. The zero-order valence-corrected chi connectivity index (χ0v) is 14.3. The normalized spacial score (nSPS) is 20.5. The molecule has 1 aliphatic rings. The minimum Gasteiger partial charge on any atom is -0.455 e. The van der Waals surface area contributed by atoms with E-state index in [4.69, 9.17) is 4.74 Å². The van der Waals surface area contributed by atoms with Crippen LogP contribution in [-0.4, -0.2) is 30.3 Å². The van der Waals surface area contributed by atoms with Crippen molar-refractivity contribution in [1.29, 1.82) is 0 Å². The van der Waals surface area contributed by atoms with Gasteiger partial charge in [-0.1, -0.05) is 19.8 Å². The highest BCUT2D eigenvalue weighted by Gasteiger charge is 2.23. The molecule has 1 aliphatic carbocycles. The monoisotopic (exact) mass is 357 g/mol. The number of carbonyl (C=O) groups is 2. The molecule has 132 valence electrons. The molecule has 0 heterocycles. The predicted octanol–water partition coefficient (Wildman–Crippen LogP) is 3.30. The molecule has 1 aromatic carbocycles. The summed E-state index contributed by atoms with van der Waals surface area (Å²) in [5.41, 5.74) is 0. The van der Waals surface area contributed by atoms with Gasteiger partial charge in [0.1, 0.15) is 11.6 Å². The molecule has 0 aromatic heterocycles. The van der Waals surface area contributed by atoms with Crippen molar-refractivity contribution >= 4 is 23.6 Å². The highest BCUT2D eigenvalue weighted by atomic mass is 32.2. The van der Waals surface area contributed by atoms with Crippen LogP contribution in [-0.2, 0) is 14.3 Å². The van der Waals surface area contributed by atoms with Gasteiger partial charge in [-0.05, 0) is 37.0 Å². The van der Waals surface area contributed by atoms with Gasteiger partial charge >= 0.3 is 5.97 Å². The summed E-state index contributed by atoms with van der Waals surface area (Å²) < 4.78 is 31.3. The molecule has 1 fully saturated rings. The molecule has 0 radical (unpaired) electrons. The molecule has 0 saturated heterocycles. The Kier molecular flexibility index (Phi) is 7.02. The van der Waals surface area contributed by atoms with Crippen LogP contribution < -0.4 is 5.32 Å². The van der Waals surface area contributed by atoms with Crippen LogP contribution in [0.4, 0.5) is 8.78 Å². The topological polar surface area (TPSA) is 55.4 Å². The summed E-state index contributed by atoms with van der Waals surface area (Å²) >= 11 is 0.836. The van der Waals surface area contributed by atoms with Crippen LogP contribution in [0.3, 0.4) is 0 Å². The number of nitrogens with one attached hydrogen (secondary N) is 1. The molecule has 0 unspecified atom stereocenters. The second-order valence-corrected chi connectivity index (χ2v) is 6.98. The molecule has 7 heteroatoms. The molecule has 2 atom stereocenters. The van der Waals surface area contributed by atoms with Crippen molar-refractivity contribution in [3.63, 3.8) is 0 Å². The van der Waals surface area contributed by atoms with Crippen molar-refractivity contribution in [3.8, 4) is 0 Å². The third kappa shape index (κ3) is 5.78. The first-order chi connectivity index (χ1) is 11.5. The van der Waals surface area contributed by atoms with Crippen LogP contribution in [0.1, 0.15) is 32.6 Å². The van der Waals surface area contributed by atoms with E-state index in [1.165, 1.54) is 6.42 Å². The second-order valence-electron chi connectivity index (χ2n) is 5.96. The van der Waals surface area contributed by atoms with Gasteiger partial charge in [0.2, 0.25) is 0 Å². The Bertz CT molecular complexity index is 597. The fourth-order valence-electron chi connectivity index (χ4n) is 2.69. The Labute approximate surface area is 144 Å². The van der Waals surface area contributed by atoms with Crippen molar-refractivity contribution in [1.82, 2.24) is 5.32 Å². The molecular formula is C17H21F2NO3S. The number of halogens is 2. The van der Waals surface area contributed by atoms with E-state index in [-0.39, 0.29) is 29.2 Å². The minimum absolute atomic E-state index is 0.0347. The molecule has 2 rings (SSSR count). The lowest BCUT2D eigenvalue weighted by molar-refractivity contribution is -0.146. The first-order valence-corrected chi connectivity index (χ1v) is 8.97. The van der Waals surface area contributed by atoms with E-state index in [2.05, 4.69) is 12.2 Å². The Morgan fingerprint density at radius 1 is 1.29 bits per heavy atom. The zero-order valence-electron chi connectivity index (χ0n) is 13.5.